The molecular formula is C19H26N5O2S2+. The van der Waals surface area contributed by atoms with Crippen molar-refractivity contribution in [1.82, 2.24) is 10.2 Å². The summed E-state index contributed by atoms with van der Waals surface area (Å²) in [5.41, 5.74) is 0.827. The summed E-state index contributed by atoms with van der Waals surface area (Å²) in [6.07, 6.45) is 0.216. The summed E-state index contributed by atoms with van der Waals surface area (Å²) in [7, 11) is 0. The number of anilines is 2. The van der Waals surface area contributed by atoms with Gasteiger partial charge < -0.3 is 15.1 Å². The van der Waals surface area contributed by atoms with Gasteiger partial charge in [0.15, 0.2) is 4.34 Å². The Kier molecular flexibility index (Phi) is 7.41. The molecule has 28 heavy (non-hydrogen) atoms. The van der Waals surface area contributed by atoms with Crippen molar-refractivity contribution in [3.8, 4) is 0 Å². The van der Waals surface area contributed by atoms with E-state index < -0.39 is 0 Å². The molecule has 2 amide bonds. The van der Waals surface area contributed by atoms with Crippen molar-refractivity contribution in [3.63, 3.8) is 0 Å². The summed E-state index contributed by atoms with van der Waals surface area (Å²) in [6, 6.07) is 9.44. The standard InChI is InChI=1S/C19H25N5O2S2/c1-3-23(4-2)10-11-27-19-22-21-18(28-19)20-17(26)14-12-16(25)24(13-14)15-8-6-5-7-9-15/h5-9,14H,3-4,10-13H2,1-2H3,(H,20,21,26)/p+1/t14-/m1/s1. The molecule has 3 rings (SSSR count). The van der Waals surface area contributed by atoms with Crippen molar-refractivity contribution in [2.45, 2.75) is 24.6 Å². The quantitative estimate of drug-likeness (QED) is 0.475. The molecule has 1 aliphatic rings. The van der Waals surface area contributed by atoms with Gasteiger partial charge in [0, 0.05) is 24.4 Å². The number of nitrogens with one attached hydrogen (secondary N) is 2. The number of nitrogens with zero attached hydrogens (tertiary/aromatic N) is 3. The van der Waals surface area contributed by atoms with Gasteiger partial charge >= 0.3 is 0 Å². The van der Waals surface area contributed by atoms with Crippen LogP contribution in [-0.2, 0) is 9.59 Å². The molecule has 0 radical (unpaired) electrons. The van der Waals surface area contributed by atoms with E-state index >= 15 is 0 Å². The molecule has 0 spiro atoms. The molecule has 1 saturated heterocycles. The van der Waals surface area contributed by atoms with Crippen LogP contribution >= 0.6 is 23.1 Å². The fourth-order valence-electron chi connectivity index (χ4n) is 3.15. The van der Waals surface area contributed by atoms with Crippen LogP contribution in [0.15, 0.2) is 34.7 Å². The van der Waals surface area contributed by atoms with E-state index in [1.807, 2.05) is 30.3 Å². The molecular weight excluding hydrogens is 394 g/mol. The minimum atomic E-state index is -0.376. The number of carbonyl (C=O) groups excluding carboxylic acids is 2. The number of aromatic nitrogens is 2. The van der Waals surface area contributed by atoms with Gasteiger partial charge in [-0.2, -0.15) is 0 Å². The van der Waals surface area contributed by atoms with Gasteiger partial charge in [-0.25, -0.2) is 0 Å². The summed E-state index contributed by atoms with van der Waals surface area (Å²) in [4.78, 5) is 28.1. The number of benzene rings is 1. The van der Waals surface area contributed by atoms with Crippen molar-refractivity contribution in [1.29, 1.82) is 0 Å². The van der Waals surface area contributed by atoms with Gasteiger partial charge in [0.25, 0.3) is 0 Å². The maximum absolute atomic E-state index is 12.6. The predicted octanol–water partition coefficient (Wildman–Crippen LogP) is 1.55. The largest absolute Gasteiger partial charge is 0.335 e. The SMILES string of the molecule is CC[NH+](CC)CCSc1nnc(NC(=O)[C@@H]2CC(=O)N(c3ccccc3)C2)s1. The second kappa shape index (κ2) is 9.99. The fourth-order valence-corrected chi connectivity index (χ4v) is 5.02. The van der Waals surface area contributed by atoms with Gasteiger partial charge in [-0.05, 0) is 26.0 Å². The number of para-hydroxylation sites is 1. The highest BCUT2D eigenvalue weighted by atomic mass is 32.2. The molecule has 1 aliphatic heterocycles. The minimum Gasteiger partial charge on any atom is -0.335 e. The topological polar surface area (TPSA) is 79.6 Å². The third-order valence-corrected chi connectivity index (χ3v) is 6.86. The number of hydrogen-bond acceptors (Lipinski definition) is 6. The Labute approximate surface area is 173 Å². The zero-order valence-corrected chi connectivity index (χ0v) is 17.8. The van der Waals surface area contributed by atoms with Crippen LogP contribution in [0.25, 0.3) is 0 Å². The molecule has 0 aliphatic carbocycles. The molecule has 2 aromatic rings. The number of thioether (sulfide) groups is 1. The molecule has 0 saturated carbocycles. The Balaban J connectivity index is 1.50. The van der Waals surface area contributed by atoms with Crippen molar-refractivity contribution < 1.29 is 14.5 Å². The zero-order valence-electron chi connectivity index (χ0n) is 16.2. The number of quaternary nitrogens is 1. The Bertz CT molecular complexity index is 795. The van der Waals surface area contributed by atoms with Crippen molar-refractivity contribution in [2.75, 3.05) is 42.1 Å². The average molecular weight is 421 g/mol. The summed E-state index contributed by atoms with van der Waals surface area (Å²) >= 11 is 3.05. The van der Waals surface area contributed by atoms with Crippen LogP contribution in [0.2, 0.25) is 0 Å². The molecule has 0 bridgehead atoms. The zero-order chi connectivity index (χ0) is 19.9. The van der Waals surface area contributed by atoms with Gasteiger partial charge in [-0.15, -0.1) is 10.2 Å². The molecule has 150 valence electrons. The van der Waals surface area contributed by atoms with Crippen LogP contribution in [0.1, 0.15) is 20.3 Å². The summed E-state index contributed by atoms with van der Waals surface area (Å²) < 4.78 is 0.857. The first kappa shape index (κ1) is 20.8. The van der Waals surface area contributed by atoms with Crippen LogP contribution in [0.3, 0.4) is 0 Å². The highest BCUT2D eigenvalue weighted by molar-refractivity contribution is 8.01. The highest BCUT2D eigenvalue weighted by Gasteiger charge is 2.35. The molecule has 1 fully saturated rings. The number of amides is 2. The molecule has 2 heterocycles. The molecule has 1 aromatic carbocycles. The molecule has 9 heteroatoms. The van der Waals surface area contributed by atoms with Crippen LogP contribution in [0, 0.1) is 5.92 Å². The number of rotatable bonds is 9. The Morgan fingerprint density at radius 2 is 2.04 bits per heavy atom. The molecule has 2 N–H and O–H groups in total. The van der Waals surface area contributed by atoms with Crippen molar-refractivity contribution >= 4 is 45.7 Å². The normalized spacial score (nSPS) is 16.8. The van der Waals surface area contributed by atoms with Gasteiger partial charge in [0.1, 0.15) is 0 Å². The van der Waals surface area contributed by atoms with Crippen molar-refractivity contribution in [2.24, 2.45) is 5.92 Å². The van der Waals surface area contributed by atoms with E-state index in [0.717, 1.165) is 35.4 Å². The van der Waals surface area contributed by atoms with E-state index in [-0.39, 0.29) is 24.2 Å². The Hall–Kier alpha value is -1.97. The van der Waals surface area contributed by atoms with Crippen LogP contribution in [-0.4, -0.2) is 53.9 Å². The van der Waals surface area contributed by atoms with Gasteiger partial charge in [-0.1, -0.05) is 41.3 Å². The van der Waals surface area contributed by atoms with Gasteiger partial charge in [0.2, 0.25) is 16.9 Å². The lowest BCUT2D eigenvalue weighted by atomic mass is 10.1. The third kappa shape index (κ3) is 5.30. The lowest BCUT2D eigenvalue weighted by Crippen LogP contribution is -3.11. The Morgan fingerprint density at radius 3 is 2.75 bits per heavy atom. The minimum absolute atomic E-state index is 0.0289. The summed E-state index contributed by atoms with van der Waals surface area (Å²) in [5.74, 6) is 0.396. The molecule has 1 aromatic heterocycles. The predicted molar refractivity (Wildman–Crippen MR) is 113 cm³/mol. The number of hydrogen-bond donors (Lipinski definition) is 2. The average Bonchev–Trinajstić information content (AvgIpc) is 3.32. The van der Waals surface area contributed by atoms with E-state index in [9.17, 15) is 9.59 Å². The first-order valence-corrected chi connectivity index (χ1v) is 11.4. The maximum Gasteiger partial charge on any atom is 0.231 e. The van der Waals surface area contributed by atoms with Crippen LogP contribution < -0.4 is 15.1 Å². The monoisotopic (exact) mass is 420 g/mol. The molecule has 0 unspecified atom stereocenters. The van der Waals surface area contributed by atoms with E-state index in [0.29, 0.717) is 11.7 Å². The summed E-state index contributed by atoms with van der Waals surface area (Å²) in [5, 5.41) is 11.5. The second-order valence-corrected chi connectivity index (χ2v) is 8.98. The first-order valence-electron chi connectivity index (χ1n) is 9.56. The van der Waals surface area contributed by atoms with E-state index in [2.05, 4.69) is 29.4 Å². The first-order chi connectivity index (χ1) is 13.6. The third-order valence-electron chi connectivity index (χ3n) is 4.88. The molecule has 7 nitrogen and oxygen atoms in total. The van der Waals surface area contributed by atoms with E-state index in [1.165, 1.54) is 11.3 Å². The highest BCUT2D eigenvalue weighted by Crippen LogP contribution is 2.28. The van der Waals surface area contributed by atoms with Gasteiger partial charge in [0.05, 0.1) is 25.6 Å². The lowest BCUT2D eigenvalue weighted by Gasteiger charge is -2.16. The second-order valence-electron chi connectivity index (χ2n) is 6.66. The van der Waals surface area contributed by atoms with E-state index in [1.54, 1.807) is 21.6 Å². The van der Waals surface area contributed by atoms with Gasteiger partial charge in [-0.3, -0.25) is 9.59 Å². The fraction of sp³-hybridized carbons (Fsp3) is 0.474. The lowest BCUT2D eigenvalue weighted by molar-refractivity contribution is -0.893. The van der Waals surface area contributed by atoms with E-state index in [4.69, 9.17) is 0 Å². The summed E-state index contributed by atoms with van der Waals surface area (Å²) in [6.45, 7) is 8.09. The number of carbonyl (C=O) groups is 2. The maximum atomic E-state index is 12.6. The Morgan fingerprint density at radius 1 is 1.29 bits per heavy atom. The van der Waals surface area contributed by atoms with Crippen LogP contribution in [0.4, 0.5) is 10.8 Å². The smallest absolute Gasteiger partial charge is 0.231 e. The molecule has 1 atom stereocenters. The van der Waals surface area contributed by atoms with Crippen LogP contribution in [0.5, 0.6) is 0 Å². The van der Waals surface area contributed by atoms with Crippen molar-refractivity contribution in [3.05, 3.63) is 30.3 Å².